The predicted octanol–water partition coefficient (Wildman–Crippen LogP) is 18.4. The summed E-state index contributed by atoms with van der Waals surface area (Å²) < 4.78 is 40.1. The number of unbranched alkanes of at least 4 members (excludes halogenated alkanes) is 1. The van der Waals surface area contributed by atoms with E-state index in [1.54, 1.807) is 31.6 Å². The zero-order chi connectivity index (χ0) is 55.7. The number of aryl methyl sites for hydroxylation is 1. The van der Waals surface area contributed by atoms with Crippen molar-refractivity contribution in [3.63, 3.8) is 0 Å². The lowest BCUT2D eigenvalue weighted by atomic mass is 9.84. The summed E-state index contributed by atoms with van der Waals surface area (Å²) in [4.78, 5) is 15.0. The molecule has 8 rings (SSSR count). The van der Waals surface area contributed by atoms with Gasteiger partial charge in [0.25, 0.3) is 0 Å². The summed E-state index contributed by atoms with van der Waals surface area (Å²) in [7, 11) is 1.69. The van der Waals surface area contributed by atoms with Crippen LogP contribution < -0.4 is 9.92 Å². The highest BCUT2D eigenvalue weighted by Crippen LogP contribution is 2.45. The molecule has 0 atom stereocenters. The standard InChI is InChI=1S/C70H72ClFO5SSi/c1-8-18-63(67(53-29-36-57(71)37-30-53)52-25-27-55(28-26-52)70(73)77-9-2)65-44-45-66(78-65)69(51-21-14-11-15-22-51)60(23-16-17-46-76-48-74-3)56-35-43-62(64(72)47-56)68(54-31-38-58(75-4)39-32-54)61(42-24-49-19-12-10-13-20-49)50-33-40-59(41-34-50)79(5,6)7/h10-15,19-22,25-41,43-45,47H,8-9,16-18,23-24,42,46,48H2,1-7H3/b67-63+,68-61-,69-60-. The van der Waals surface area contributed by atoms with Crippen molar-refractivity contribution in [2.24, 2.45) is 0 Å². The number of methoxy groups -OCH3 is 2. The van der Waals surface area contributed by atoms with Crippen LogP contribution >= 0.6 is 22.9 Å². The highest BCUT2D eigenvalue weighted by molar-refractivity contribution is 7.14. The van der Waals surface area contributed by atoms with Gasteiger partial charge in [0.15, 0.2) is 0 Å². The number of hydrogen-bond acceptors (Lipinski definition) is 6. The first-order valence-electron chi connectivity index (χ1n) is 27.5. The molecule has 0 unspecified atom stereocenters. The lowest BCUT2D eigenvalue weighted by molar-refractivity contribution is -0.0313. The molecular weight excluding hydrogens is 1040 g/mol. The van der Waals surface area contributed by atoms with E-state index < -0.39 is 8.07 Å². The van der Waals surface area contributed by atoms with Crippen LogP contribution in [0.4, 0.5) is 4.39 Å². The van der Waals surface area contributed by atoms with Gasteiger partial charge in [0, 0.05) is 39.6 Å². The predicted molar refractivity (Wildman–Crippen MR) is 333 cm³/mol. The molecule has 0 saturated heterocycles. The maximum atomic E-state index is 18.1. The molecule has 79 heavy (non-hydrogen) atoms. The van der Waals surface area contributed by atoms with E-state index in [1.807, 2.05) is 73.7 Å². The average Bonchev–Trinajstić information content (AvgIpc) is 4.04. The summed E-state index contributed by atoms with van der Waals surface area (Å²) >= 11 is 8.25. The van der Waals surface area contributed by atoms with Gasteiger partial charge >= 0.3 is 5.97 Å². The molecule has 0 saturated carbocycles. The number of carbonyl (C=O) groups excluding carboxylic acids is 1. The Kier molecular flexibility index (Phi) is 20.9. The van der Waals surface area contributed by atoms with Gasteiger partial charge in [-0.2, -0.15) is 0 Å². The molecule has 0 fully saturated rings. The van der Waals surface area contributed by atoms with Gasteiger partial charge in [0.05, 0.1) is 27.4 Å². The summed E-state index contributed by atoms with van der Waals surface area (Å²) in [6, 6.07) is 64.1. The monoisotopic (exact) mass is 1110 g/mol. The fourth-order valence-corrected chi connectivity index (χ4v) is 12.6. The van der Waals surface area contributed by atoms with E-state index in [0.717, 1.165) is 109 Å². The normalized spacial score (nSPS) is 12.6. The summed E-state index contributed by atoms with van der Waals surface area (Å²) in [5.74, 6) is 0.0887. The van der Waals surface area contributed by atoms with Crippen molar-refractivity contribution in [2.75, 3.05) is 34.2 Å². The van der Waals surface area contributed by atoms with E-state index in [2.05, 4.69) is 142 Å². The average molecular weight is 1110 g/mol. The van der Waals surface area contributed by atoms with Crippen LogP contribution in [0.1, 0.15) is 117 Å². The summed E-state index contributed by atoms with van der Waals surface area (Å²) in [6.45, 7) is 12.2. The molecule has 7 aromatic carbocycles. The van der Waals surface area contributed by atoms with E-state index in [0.29, 0.717) is 42.2 Å². The van der Waals surface area contributed by atoms with Crippen LogP contribution in [0.5, 0.6) is 5.75 Å². The van der Waals surface area contributed by atoms with Gasteiger partial charge in [-0.1, -0.05) is 183 Å². The number of ether oxygens (including phenoxy) is 4. The minimum Gasteiger partial charge on any atom is -0.497 e. The van der Waals surface area contributed by atoms with E-state index in [1.165, 1.54) is 16.3 Å². The van der Waals surface area contributed by atoms with Gasteiger partial charge in [-0.25, -0.2) is 9.18 Å². The topological polar surface area (TPSA) is 54.0 Å². The van der Waals surface area contributed by atoms with Gasteiger partial charge in [-0.3, -0.25) is 0 Å². The van der Waals surface area contributed by atoms with E-state index >= 15 is 4.39 Å². The van der Waals surface area contributed by atoms with Gasteiger partial charge in [0.1, 0.15) is 18.4 Å². The second kappa shape index (κ2) is 28.3. The first-order chi connectivity index (χ1) is 38.4. The minimum absolute atomic E-state index is 0.226. The Morgan fingerprint density at radius 1 is 0.557 bits per heavy atom. The number of carbonyl (C=O) groups is 1. The second-order valence-electron chi connectivity index (χ2n) is 20.7. The molecular formula is C70H72ClFO5SSi. The first-order valence-corrected chi connectivity index (χ1v) is 32.1. The van der Waals surface area contributed by atoms with Gasteiger partial charge in [-0.05, 0) is 167 Å². The fraction of sp³-hybridized carbons (Fsp3) is 0.243. The Labute approximate surface area is 478 Å². The van der Waals surface area contributed by atoms with Crippen molar-refractivity contribution < 1.29 is 28.1 Å². The number of hydrogen-bond donors (Lipinski definition) is 0. The Bertz CT molecular complexity index is 3360. The quantitative estimate of drug-likeness (QED) is 0.0188. The third kappa shape index (κ3) is 15.1. The maximum absolute atomic E-state index is 18.1. The minimum atomic E-state index is -1.61. The molecule has 5 nitrogen and oxygen atoms in total. The Hall–Kier alpha value is -6.91. The van der Waals surface area contributed by atoms with E-state index in [9.17, 15) is 4.79 Å². The summed E-state index contributed by atoms with van der Waals surface area (Å²) in [5, 5.41) is 2.03. The second-order valence-corrected chi connectivity index (χ2v) is 27.3. The van der Waals surface area contributed by atoms with Crippen molar-refractivity contribution in [1.82, 2.24) is 0 Å². The van der Waals surface area contributed by atoms with Crippen LogP contribution in [0, 0.1) is 5.82 Å². The Morgan fingerprint density at radius 2 is 1.13 bits per heavy atom. The molecule has 406 valence electrons. The molecule has 9 heteroatoms. The van der Waals surface area contributed by atoms with Gasteiger partial charge < -0.3 is 18.9 Å². The highest BCUT2D eigenvalue weighted by atomic mass is 35.5. The zero-order valence-corrected chi connectivity index (χ0v) is 49.2. The number of rotatable bonds is 25. The highest BCUT2D eigenvalue weighted by Gasteiger charge is 2.24. The van der Waals surface area contributed by atoms with Crippen LogP contribution in [0.3, 0.4) is 0 Å². The fourth-order valence-electron chi connectivity index (χ4n) is 10.2. The molecule has 1 aromatic heterocycles. The van der Waals surface area contributed by atoms with Crippen molar-refractivity contribution in [2.45, 2.75) is 78.4 Å². The van der Waals surface area contributed by atoms with Crippen LogP contribution in [-0.2, 0) is 20.6 Å². The third-order valence-corrected chi connectivity index (χ3v) is 17.7. The number of allylic oxidation sites excluding steroid dienone is 3. The lowest BCUT2D eigenvalue weighted by Gasteiger charge is -2.22. The van der Waals surface area contributed by atoms with Crippen LogP contribution in [0.25, 0.3) is 33.4 Å². The SMILES string of the molecule is CCC/C(=C(\c1ccc(Cl)cc1)c1ccc(C(=O)OCC)cc1)c1ccc(/C(=C(/CCCCOCOC)c2ccc(/C(=C(/CCc3ccccc3)c3ccc([Si](C)(C)C)cc3)c3ccc(OC)cc3)c(F)c2)c2ccccc2)s1. The molecule has 0 aliphatic heterocycles. The molecule has 1 heterocycles. The van der Waals surface area contributed by atoms with Gasteiger partial charge in [-0.15, -0.1) is 11.3 Å². The number of thiophene rings is 1. The number of halogens is 2. The zero-order valence-electron chi connectivity index (χ0n) is 46.7. The number of esters is 1. The molecule has 0 bridgehead atoms. The van der Waals surface area contributed by atoms with Gasteiger partial charge in [0.2, 0.25) is 0 Å². The lowest BCUT2D eigenvalue weighted by Crippen LogP contribution is -2.37. The van der Waals surface area contributed by atoms with E-state index in [-0.39, 0.29) is 18.6 Å². The Morgan fingerprint density at radius 3 is 1.75 bits per heavy atom. The van der Waals surface area contributed by atoms with Crippen LogP contribution in [0.15, 0.2) is 188 Å². The number of benzene rings is 7. The molecule has 8 aromatic rings. The summed E-state index contributed by atoms with van der Waals surface area (Å²) in [6.07, 6.45) is 5.43. The molecule has 0 aliphatic rings. The summed E-state index contributed by atoms with van der Waals surface area (Å²) in [5.41, 5.74) is 14.4. The molecule has 0 N–H and O–H groups in total. The maximum Gasteiger partial charge on any atom is 0.338 e. The first kappa shape index (κ1) is 58.2. The van der Waals surface area contributed by atoms with Crippen LogP contribution in [0.2, 0.25) is 24.7 Å². The van der Waals surface area contributed by atoms with E-state index in [4.69, 9.17) is 30.5 Å². The molecule has 0 spiro atoms. The van der Waals surface area contributed by atoms with Crippen LogP contribution in [-0.4, -0.2) is 48.3 Å². The largest absolute Gasteiger partial charge is 0.497 e. The van der Waals surface area contributed by atoms with Crippen molar-refractivity contribution in [1.29, 1.82) is 0 Å². The molecule has 0 aliphatic carbocycles. The third-order valence-electron chi connectivity index (χ3n) is 14.2. The molecule has 0 radical (unpaired) electrons. The molecule has 0 amide bonds. The van der Waals surface area contributed by atoms with Crippen molar-refractivity contribution in [3.8, 4) is 5.75 Å². The van der Waals surface area contributed by atoms with Crippen molar-refractivity contribution in [3.05, 3.63) is 259 Å². The van der Waals surface area contributed by atoms with Crippen molar-refractivity contribution >= 4 is 75.6 Å². The smallest absolute Gasteiger partial charge is 0.338 e. The Balaban J connectivity index is 1.33.